The maximum atomic E-state index is 12.4. The molecule has 0 heterocycles. The van der Waals surface area contributed by atoms with Gasteiger partial charge in [-0.05, 0) is 91.5 Å². The van der Waals surface area contributed by atoms with Crippen LogP contribution in [0.3, 0.4) is 0 Å². The zero-order valence-electron chi connectivity index (χ0n) is 18.1. The van der Waals surface area contributed by atoms with Crippen molar-refractivity contribution in [1.82, 2.24) is 5.32 Å². The van der Waals surface area contributed by atoms with Crippen molar-refractivity contribution < 1.29 is 19.1 Å². The zero-order chi connectivity index (χ0) is 21.4. The molecule has 1 N–H and O–H groups in total. The van der Waals surface area contributed by atoms with E-state index in [1.165, 1.54) is 38.5 Å². The minimum absolute atomic E-state index is 0.126. The quantitative estimate of drug-likeness (QED) is 0.670. The minimum Gasteiger partial charge on any atom is -0.482 e. The van der Waals surface area contributed by atoms with Crippen molar-refractivity contribution in [3.8, 4) is 5.75 Å². The average Bonchev–Trinajstić information content (AvgIpc) is 2.75. The molecule has 164 valence electrons. The van der Waals surface area contributed by atoms with Crippen molar-refractivity contribution in [3.63, 3.8) is 0 Å². The van der Waals surface area contributed by atoms with Crippen molar-refractivity contribution >= 4 is 22.6 Å². The average molecular weight is 422 g/mol. The number of rotatable bonds is 7. The molecule has 0 unspecified atom stereocenters. The number of benzene rings is 2. The topological polar surface area (TPSA) is 64.6 Å². The summed E-state index contributed by atoms with van der Waals surface area (Å²) in [7, 11) is 0. The van der Waals surface area contributed by atoms with E-state index in [1.807, 2.05) is 42.5 Å². The first kappa shape index (κ1) is 20.3. The van der Waals surface area contributed by atoms with Crippen molar-refractivity contribution in [1.29, 1.82) is 0 Å². The van der Waals surface area contributed by atoms with Gasteiger partial charge in [-0.2, -0.15) is 0 Å². The van der Waals surface area contributed by atoms with Gasteiger partial charge in [0.25, 0.3) is 5.91 Å². The predicted molar refractivity (Wildman–Crippen MR) is 119 cm³/mol. The first-order valence-electron chi connectivity index (χ1n) is 11.6. The van der Waals surface area contributed by atoms with Crippen LogP contribution in [0.5, 0.6) is 5.75 Å². The Kier molecular flexibility index (Phi) is 5.37. The van der Waals surface area contributed by atoms with Crippen LogP contribution >= 0.6 is 0 Å². The normalized spacial score (nSPS) is 29.5. The molecular weight excluding hydrogens is 390 g/mol. The molecule has 0 saturated heterocycles. The summed E-state index contributed by atoms with van der Waals surface area (Å²) >= 11 is 0. The molecule has 0 spiro atoms. The number of hydrogen-bond acceptors (Lipinski definition) is 4. The highest BCUT2D eigenvalue weighted by atomic mass is 16.6. The number of carbonyl (C=O) groups is 2. The molecule has 2 aromatic carbocycles. The number of esters is 1. The van der Waals surface area contributed by atoms with E-state index < -0.39 is 5.97 Å². The highest BCUT2D eigenvalue weighted by Crippen LogP contribution is 2.61. The van der Waals surface area contributed by atoms with Crippen LogP contribution in [0.1, 0.15) is 45.4 Å². The molecule has 0 radical (unpaired) electrons. The monoisotopic (exact) mass is 421 g/mol. The number of amides is 1. The largest absolute Gasteiger partial charge is 0.482 e. The Hall–Kier alpha value is -2.56. The van der Waals surface area contributed by atoms with E-state index in [2.05, 4.69) is 12.2 Å². The second kappa shape index (κ2) is 8.18. The molecule has 0 aromatic heterocycles. The summed E-state index contributed by atoms with van der Waals surface area (Å²) in [5, 5.41) is 5.29. The summed E-state index contributed by atoms with van der Waals surface area (Å²) in [6.07, 6.45) is 7.86. The van der Waals surface area contributed by atoms with E-state index in [0.29, 0.717) is 5.75 Å². The van der Waals surface area contributed by atoms with Gasteiger partial charge in [0, 0.05) is 6.04 Å². The summed E-state index contributed by atoms with van der Waals surface area (Å²) in [6.45, 7) is 1.67. The Labute approximate surface area is 183 Å². The second-order valence-electron chi connectivity index (χ2n) is 10.0. The van der Waals surface area contributed by atoms with E-state index in [1.54, 1.807) is 0 Å². The third-order valence-electron chi connectivity index (χ3n) is 7.82. The summed E-state index contributed by atoms with van der Waals surface area (Å²) < 4.78 is 10.7. The summed E-state index contributed by atoms with van der Waals surface area (Å²) in [4.78, 5) is 24.5. The molecule has 31 heavy (non-hydrogen) atoms. The summed E-state index contributed by atoms with van der Waals surface area (Å²) in [6, 6.07) is 13.8. The molecule has 4 saturated carbocycles. The molecule has 4 aliphatic carbocycles. The Bertz CT molecular complexity index is 949. The van der Waals surface area contributed by atoms with Crippen LogP contribution in [0.25, 0.3) is 10.8 Å². The van der Waals surface area contributed by atoms with Gasteiger partial charge < -0.3 is 14.8 Å². The second-order valence-corrected chi connectivity index (χ2v) is 10.0. The van der Waals surface area contributed by atoms with E-state index >= 15 is 0 Å². The number of carbonyl (C=O) groups excluding carboxylic acids is 2. The molecule has 5 heteroatoms. The Morgan fingerprint density at radius 3 is 2.29 bits per heavy atom. The standard InChI is InChI=1S/C26H31NO4/c1-17(26-12-18-8-19(13-26)10-20(9-18)14-26)27-24(28)15-31-25(29)16-30-23-7-6-21-4-2-3-5-22(21)11-23/h2-7,11,17-20H,8-10,12-16H2,1H3,(H,27,28)/t17-,18?,19?,20?,26?/m0/s1. The molecule has 0 aliphatic heterocycles. The molecule has 1 atom stereocenters. The molecule has 4 fully saturated rings. The Morgan fingerprint density at radius 1 is 0.968 bits per heavy atom. The maximum Gasteiger partial charge on any atom is 0.344 e. The highest BCUT2D eigenvalue weighted by molar-refractivity contribution is 5.84. The predicted octanol–water partition coefficient (Wildman–Crippen LogP) is 4.48. The first-order chi connectivity index (χ1) is 15.0. The fourth-order valence-corrected chi connectivity index (χ4v) is 6.73. The first-order valence-corrected chi connectivity index (χ1v) is 11.6. The Morgan fingerprint density at radius 2 is 1.61 bits per heavy atom. The van der Waals surface area contributed by atoms with Crippen molar-refractivity contribution in [2.45, 2.75) is 51.5 Å². The van der Waals surface area contributed by atoms with Gasteiger partial charge in [-0.3, -0.25) is 4.79 Å². The molecule has 4 aliphatic rings. The zero-order valence-corrected chi connectivity index (χ0v) is 18.1. The van der Waals surface area contributed by atoms with Crippen LogP contribution in [-0.2, 0) is 14.3 Å². The van der Waals surface area contributed by atoms with Gasteiger partial charge in [0.05, 0.1) is 0 Å². The molecule has 2 aromatic rings. The maximum absolute atomic E-state index is 12.4. The lowest BCUT2D eigenvalue weighted by atomic mass is 9.48. The van der Waals surface area contributed by atoms with Crippen LogP contribution in [0.4, 0.5) is 0 Å². The lowest BCUT2D eigenvalue weighted by molar-refractivity contribution is -0.151. The Balaban J connectivity index is 1.08. The number of ether oxygens (including phenoxy) is 2. The fraction of sp³-hybridized carbons (Fsp3) is 0.538. The van der Waals surface area contributed by atoms with Crippen LogP contribution in [-0.4, -0.2) is 31.1 Å². The SMILES string of the molecule is C[C@H](NC(=O)COC(=O)COc1ccc2ccccc2c1)C12CC3CC(CC(C3)C1)C2. The fourth-order valence-electron chi connectivity index (χ4n) is 6.73. The van der Waals surface area contributed by atoms with Crippen LogP contribution < -0.4 is 10.1 Å². The van der Waals surface area contributed by atoms with Gasteiger partial charge in [-0.15, -0.1) is 0 Å². The van der Waals surface area contributed by atoms with Gasteiger partial charge in [-0.1, -0.05) is 30.3 Å². The van der Waals surface area contributed by atoms with E-state index in [0.717, 1.165) is 28.5 Å². The van der Waals surface area contributed by atoms with Gasteiger partial charge in [-0.25, -0.2) is 4.79 Å². The van der Waals surface area contributed by atoms with Crippen LogP contribution in [0.2, 0.25) is 0 Å². The van der Waals surface area contributed by atoms with Crippen LogP contribution in [0, 0.1) is 23.2 Å². The molecular formula is C26H31NO4. The molecule has 5 nitrogen and oxygen atoms in total. The van der Waals surface area contributed by atoms with Crippen molar-refractivity contribution in [2.75, 3.05) is 13.2 Å². The van der Waals surface area contributed by atoms with E-state index in [-0.39, 0.29) is 30.6 Å². The van der Waals surface area contributed by atoms with Crippen molar-refractivity contribution in [2.24, 2.45) is 23.2 Å². The van der Waals surface area contributed by atoms with Gasteiger partial charge >= 0.3 is 5.97 Å². The number of hydrogen-bond donors (Lipinski definition) is 1. The van der Waals surface area contributed by atoms with Crippen LogP contribution in [0.15, 0.2) is 42.5 Å². The van der Waals surface area contributed by atoms with Gasteiger partial charge in [0.1, 0.15) is 5.75 Å². The molecule has 1 amide bonds. The highest BCUT2D eigenvalue weighted by Gasteiger charge is 2.53. The number of nitrogens with one attached hydrogen (secondary N) is 1. The minimum atomic E-state index is -0.536. The smallest absolute Gasteiger partial charge is 0.344 e. The van der Waals surface area contributed by atoms with Gasteiger partial charge in [0.15, 0.2) is 13.2 Å². The lowest BCUT2D eigenvalue weighted by Gasteiger charge is -2.59. The van der Waals surface area contributed by atoms with E-state index in [9.17, 15) is 9.59 Å². The third-order valence-corrected chi connectivity index (χ3v) is 7.82. The summed E-state index contributed by atoms with van der Waals surface area (Å²) in [5.74, 6) is 2.38. The van der Waals surface area contributed by atoms with Crippen molar-refractivity contribution in [3.05, 3.63) is 42.5 Å². The summed E-state index contributed by atoms with van der Waals surface area (Å²) in [5.41, 5.74) is 0.244. The van der Waals surface area contributed by atoms with Gasteiger partial charge in [0.2, 0.25) is 0 Å². The van der Waals surface area contributed by atoms with E-state index in [4.69, 9.17) is 9.47 Å². The third kappa shape index (κ3) is 4.28. The molecule has 4 bridgehead atoms. The lowest BCUT2D eigenvalue weighted by Crippen LogP contribution is -2.56. The number of fused-ring (bicyclic) bond motifs is 1. The molecule has 6 rings (SSSR count).